The van der Waals surface area contributed by atoms with Crippen molar-refractivity contribution in [2.75, 3.05) is 32.5 Å². The molecule has 1 aromatic carbocycles. The predicted octanol–water partition coefficient (Wildman–Crippen LogP) is 2.39. The van der Waals surface area contributed by atoms with Crippen LogP contribution in [0.4, 0.5) is 10.5 Å². The zero-order valence-electron chi connectivity index (χ0n) is 13.9. The van der Waals surface area contributed by atoms with Gasteiger partial charge in [0.25, 0.3) is 0 Å². The number of aryl methyl sites for hydroxylation is 2. The molecule has 116 valence electrons. The maximum Gasteiger partial charge on any atom is 0.384 e. The summed E-state index contributed by atoms with van der Waals surface area (Å²) >= 11 is 0. The van der Waals surface area contributed by atoms with Crippen molar-refractivity contribution in [2.45, 2.75) is 27.7 Å². The quantitative estimate of drug-likeness (QED) is 0.510. The van der Waals surface area contributed by atoms with Crippen LogP contribution in [0.3, 0.4) is 0 Å². The molecule has 0 radical (unpaired) electrons. The monoisotopic (exact) mass is 291 g/mol. The molecular formula is C16H27N4O+. The first-order chi connectivity index (χ1) is 9.90. The highest BCUT2D eigenvalue weighted by Crippen LogP contribution is 2.18. The number of nitrogens with one attached hydrogen (secondary N) is 2. The van der Waals surface area contributed by atoms with E-state index in [-0.39, 0.29) is 6.03 Å². The van der Waals surface area contributed by atoms with Crippen LogP contribution in [0.2, 0.25) is 0 Å². The molecule has 5 heteroatoms. The lowest BCUT2D eigenvalue weighted by Gasteiger charge is -2.18. The Bertz CT molecular complexity index is 509. The second-order valence-electron chi connectivity index (χ2n) is 5.24. The van der Waals surface area contributed by atoms with E-state index in [0.29, 0.717) is 0 Å². The first kappa shape index (κ1) is 17.0. The van der Waals surface area contributed by atoms with Crippen LogP contribution in [0.25, 0.3) is 0 Å². The average molecular weight is 291 g/mol. The van der Waals surface area contributed by atoms with E-state index in [0.717, 1.165) is 35.9 Å². The van der Waals surface area contributed by atoms with Crippen molar-refractivity contribution in [3.63, 3.8) is 0 Å². The zero-order chi connectivity index (χ0) is 16.0. The summed E-state index contributed by atoms with van der Waals surface area (Å²) in [6.07, 6.45) is 0. The standard InChI is InChI=1S/C16H26N4O/c1-7-20(8-2)16(19(5)6)18-15(21)17-14-12(3)10-9-11-13(14)4/h9-11H,7-8H2,1-6H3,(H,17,21)/p+1. The van der Waals surface area contributed by atoms with Crippen LogP contribution in [0.15, 0.2) is 18.2 Å². The summed E-state index contributed by atoms with van der Waals surface area (Å²) < 4.78 is 1.91. The molecule has 0 heterocycles. The Balaban J connectivity index is 2.88. The number of carbonyl (C=O) groups excluding carboxylic acids is 1. The van der Waals surface area contributed by atoms with E-state index in [9.17, 15) is 4.79 Å². The highest BCUT2D eigenvalue weighted by atomic mass is 16.2. The van der Waals surface area contributed by atoms with E-state index in [1.54, 1.807) is 0 Å². The lowest BCUT2D eigenvalue weighted by atomic mass is 10.1. The highest BCUT2D eigenvalue weighted by molar-refractivity contribution is 6.01. The Morgan fingerprint density at radius 3 is 2.10 bits per heavy atom. The van der Waals surface area contributed by atoms with Gasteiger partial charge in [0.1, 0.15) is 0 Å². The Morgan fingerprint density at radius 2 is 1.67 bits per heavy atom. The van der Waals surface area contributed by atoms with Crippen LogP contribution in [-0.2, 0) is 0 Å². The second kappa shape index (κ2) is 7.67. The minimum atomic E-state index is -0.219. The molecular weight excluding hydrogens is 264 g/mol. The number of benzene rings is 1. The van der Waals surface area contributed by atoms with Crippen LogP contribution >= 0.6 is 0 Å². The summed E-state index contributed by atoms with van der Waals surface area (Å²) in [6, 6.07) is 5.75. The molecule has 1 rings (SSSR count). The number of hydrogen-bond acceptors (Lipinski definition) is 1. The van der Waals surface area contributed by atoms with Gasteiger partial charge in [-0.25, -0.2) is 4.79 Å². The minimum absolute atomic E-state index is 0.219. The molecule has 0 bridgehead atoms. The van der Waals surface area contributed by atoms with Gasteiger partial charge in [-0.05, 0) is 38.8 Å². The van der Waals surface area contributed by atoms with Crippen LogP contribution in [-0.4, -0.2) is 48.7 Å². The number of nitrogens with zero attached hydrogens (tertiary/aromatic N) is 2. The summed E-state index contributed by atoms with van der Waals surface area (Å²) in [4.78, 5) is 14.4. The Morgan fingerprint density at radius 1 is 1.14 bits per heavy atom. The van der Waals surface area contributed by atoms with Gasteiger partial charge in [-0.1, -0.05) is 18.2 Å². The number of amides is 2. The maximum atomic E-state index is 12.3. The molecule has 0 spiro atoms. The summed E-state index contributed by atoms with van der Waals surface area (Å²) in [5.74, 6) is 0.795. The van der Waals surface area contributed by atoms with Crippen LogP contribution in [0, 0.1) is 13.8 Å². The summed E-state index contributed by atoms with van der Waals surface area (Å²) in [6.45, 7) is 9.80. The van der Waals surface area contributed by atoms with Gasteiger partial charge < -0.3 is 0 Å². The zero-order valence-corrected chi connectivity index (χ0v) is 13.9. The molecule has 5 nitrogen and oxygen atoms in total. The van der Waals surface area contributed by atoms with E-state index in [4.69, 9.17) is 0 Å². The van der Waals surface area contributed by atoms with Crippen molar-refractivity contribution in [3.05, 3.63) is 29.3 Å². The molecule has 21 heavy (non-hydrogen) atoms. The molecule has 0 aliphatic carbocycles. The van der Waals surface area contributed by atoms with E-state index in [2.05, 4.69) is 29.4 Å². The number of carbonyl (C=O) groups is 1. The van der Waals surface area contributed by atoms with Gasteiger partial charge in [0.2, 0.25) is 0 Å². The number of urea groups is 1. The summed E-state index contributed by atoms with van der Waals surface area (Å²) in [7, 11) is 3.85. The number of rotatable bonds is 3. The van der Waals surface area contributed by atoms with Crippen molar-refractivity contribution >= 4 is 17.7 Å². The fourth-order valence-electron chi connectivity index (χ4n) is 2.25. The smallest absolute Gasteiger partial charge is 0.294 e. The molecule has 2 amide bonds. The fourth-order valence-corrected chi connectivity index (χ4v) is 2.25. The van der Waals surface area contributed by atoms with Gasteiger partial charge in [-0.15, -0.1) is 0 Å². The number of anilines is 1. The van der Waals surface area contributed by atoms with Crippen molar-refractivity contribution in [2.24, 2.45) is 0 Å². The largest absolute Gasteiger partial charge is 0.384 e. The Kier molecular flexibility index (Phi) is 6.21. The predicted molar refractivity (Wildman–Crippen MR) is 88.1 cm³/mol. The molecule has 1 aromatic rings. The second-order valence-corrected chi connectivity index (χ2v) is 5.24. The van der Waals surface area contributed by atoms with E-state index in [1.807, 2.05) is 50.7 Å². The first-order valence-corrected chi connectivity index (χ1v) is 7.34. The van der Waals surface area contributed by atoms with Gasteiger partial charge in [0.15, 0.2) is 0 Å². The summed E-state index contributed by atoms with van der Waals surface area (Å²) in [5, 5.41) is 5.88. The molecule has 0 aliphatic rings. The third-order valence-electron chi connectivity index (χ3n) is 3.43. The van der Waals surface area contributed by atoms with Gasteiger partial charge in [0, 0.05) is 5.69 Å². The molecule has 0 atom stereocenters. The van der Waals surface area contributed by atoms with Gasteiger partial charge in [-0.2, -0.15) is 5.32 Å². The lowest BCUT2D eigenvalue weighted by Crippen LogP contribution is -2.49. The molecule has 2 N–H and O–H groups in total. The number of guanidine groups is 1. The lowest BCUT2D eigenvalue weighted by molar-refractivity contribution is -0.472. The number of para-hydroxylation sites is 1. The third-order valence-corrected chi connectivity index (χ3v) is 3.43. The Hall–Kier alpha value is -2.04. The van der Waals surface area contributed by atoms with Gasteiger partial charge >= 0.3 is 12.0 Å². The number of hydrogen-bond donors (Lipinski definition) is 2. The average Bonchev–Trinajstić information content (AvgIpc) is 2.43. The van der Waals surface area contributed by atoms with Crippen molar-refractivity contribution < 1.29 is 9.37 Å². The van der Waals surface area contributed by atoms with E-state index in [1.165, 1.54) is 0 Å². The normalized spacial score (nSPS) is 10.0. The molecule has 0 saturated heterocycles. The van der Waals surface area contributed by atoms with E-state index >= 15 is 0 Å². The van der Waals surface area contributed by atoms with Gasteiger partial charge in [-0.3, -0.25) is 14.8 Å². The van der Waals surface area contributed by atoms with Crippen molar-refractivity contribution in [3.8, 4) is 0 Å². The Labute approximate surface area is 127 Å². The van der Waals surface area contributed by atoms with Crippen molar-refractivity contribution in [1.29, 1.82) is 0 Å². The molecule has 0 saturated carbocycles. The highest BCUT2D eigenvalue weighted by Gasteiger charge is 2.20. The fraction of sp³-hybridized carbons (Fsp3) is 0.500. The summed E-state index contributed by atoms with van der Waals surface area (Å²) in [5.41, 5.74) is 2.98. The van der Waals surface area contributed by atoms with Crippen LogP contribution < -0.4 is 10.6 Å². The third kappa shape index (κ3) is 4.48. The van der Waals surface area contributed by atoms with Crippen LogP contribution in [0.5, 0.6) is 0 Å². The molecule has 0 aliphatic heterocycles. The maximum absolute atomic E-state index is 12.3. The topological polar surface area (TPSA) is 47.4 Å². The molecule has 0 aromatic heterocycles. The van der Waals surface area contributed by atoms with Gasteiger partial charge in [0.05, 0.1) is 27.2 Å². The van der Waals surface area contributed by atoms with Crippen molar-refractivity contribution in [1.82, 2.24) is 10.2 Å². The first-order valence-electron chi connectivity index (χ1n) is 7.34. The van der Waals surface area contributed by atoms with Crippen LogP contribution in [0.1, 0.15) is 25.0 Å². The minimum Gasteiger partial charge on any atom is -0.294 e. The molecule has 0 unspecified atom stereocenters. The SMILES string of the molecule is CCN(CC)C(NC(=O)Nc1c(C)cccc1C)=[N+](C)C. The molecule has 0 fully saturated rings. The van der Waals surface area contributed by atoms with E-state index < -0.39 is 0 Å².